The third-order valence-corrected chi connectivity index (χ3v) is 3.96. The van der Waals surface area contributed by atoms with Crippen LogP contribution in [0.15, 0.2) is 47.7 Å². The van der Waals surface area contributed by atoms with Crippen LogP contribution in [0.2, 0.25) is 0 Å². The number of guanidine groups is 1. The van der Waals surface area contributed by atoms with E-state index in [0.29, 0.717) is 19.1 Å². The molecule has 2 unspecified atom stereocenters. The van der Waals surface area contributed by atoms with E-state index in [1.54, 1.807) is 13.2 Å². The van der Waals surface area contributed by atoms with Crippen molar-refractivity contribution < 1.29 is 9.47 Å². The normalized spacial score (nSPS) is 17.2. The molecule has 2 aromatic rings. The number of ether oxygens (including phenoxy) is 2. The van der Waals surface area contributed by atoms with Crippen LogP contribution in [0.4, 0.5) is 0 Å². The summed E-state index contributed by atoms with van der Waals surface area (Å²) in [7, 11) is 1.76. The minimum atomic E-state index is -0.0463. The first-order valence-electron chi connectivity index (χ1n) is 8.55. The molecular formula is C18H26IN5O2. The van der Waals surface area contributed by atoms with Crippen LogP contribution < -0.4 is 20.1 Å². The zero-order valence-electron chi connectivity index (χ0n) is 15.1. The van der Waals surface area contributed by atoms with E-state index in [-0.39, 0.29) is 30.1 Å². The monoisotopic (exact) mass is 471 g/mol. The van der Waals surface area contributed by atoms with E-state index >= 15 is 0 Å². The Labute approximate surface area is 171 Å². The number of nitrogens with one attached hydrogen (secondary N) is 2. The van der Waals surface area contributed by atoms with E-state index in [9.17, 15) is 0 Å². The van der Waals surface area contributed by atoms with Gasteiger partial charge in [-0.05, 0) is 24.1 Å². The van der Waals surface area contributed by atoms with Crippen molar-refractivity contribution in [1.29, 1.82) is 0 Å². The fourth-order valence-electron chi connectivity index (χ4n) is 2.66. The Morgan fingerprint density at radius 2 is 2.12 bits per heavy atom. The van der Waals surface area contributed by atoms with Gasteiger partial charge in [0.1, 0.15) is 12.7 Å². The summed E-state index contributed by atoms with van der Waals surface area (Å²) in [5, 5.41) is 10.9. The highest BCUT2D eigenvalue weighted by molar-refractivity contribution is 14.0. The highest BCUT2D eigenvalue weighted by Crippen LogP contribution is 2.30. The van der Waals surface area contributed by atoms with Crippen molar-refractivity contribution in [3.63, 3.8) is 0 Å². The molecule has 3 rings (SSSR count). The van der Waals surface area contributed by atoms with Crippen LogP contribution in [0.3, 0.4) is 0 Å². The van der Waals surface area contributed by atoms with Gasteiger partial charge in [-0.1, -0.05) is 19.1 Å². The van der Waals surface area contributed by atoms with Gasteiger partial charge >= 0.3 is 0 Å². The average molecular weight is 471 g/mol. The maximum Gasteiger partial charge on any atom is 0.191 e. The quantitative estimate of drug-likeness (QED) is 0.384. The van der Waals surface area contributed by atoms with Gasteiger partial charge in [-0.15, -0.1) is 24.0 Å². The molecule has 2 heterocycles. The SMILES string of the molecule is CN=C(NCC(C)Cn1cccn1)NCC1COc2ccccc2O1.I. The van der Waals surface area contributed by atoms with E-state index in [4.69, 9.17) is 9.47 Å². The molecule has 2 atom stereocenters. The van der Waals surface area contributed by atoms with E-state index in [2.05, 4.69) is 27.6 Å². The molecule has 1 aliphatic rings. The van der Waals surface area contributed by atoms with Crippen LogP contribution in [0.25, 0.3) is 0 Å². The van der Waals surface area contributed by atoms with Gasteiger partial charge in [-0.2, -0.15) is 5.10 Å². The number of para-hydroxylation sites is 2. The summed E-state index contributed by atoms with van der Waals surface area (Å²) < 4.78 is 13.6. The molecule has 0 saturated carbocycles. The second-order valence-electron chi connectivity index (χ2n) is 6.16. The Balaban J connectivity index is 0.00000243. The highest BCUT2D eigenvalue weighted by atomic mass is 127. The topological polar surface area (TPSA) is 72.7 Å². The molecule has 7 nitrogen and oxygen atoms in total. The first-order valence-corrected chi connectivity index (χ1v) is 8.55. The Kier molecular flexibility index (Phi) is 8.02. The maximum absolute atomic E-state index is 5.94. The van der Waals surface area contributed by atoms with Gasteiger partial charge in [0, 0.05) is 32.5 Å². The van der Waals surface area contributed by atoms with Crippen molar-refractivity contribution in [2.45, 2.75) is 19.6 Å². The van der Waals surface area contributed by atoms with E-state index in [1.165, 1.54) is 0 Å². The molecule has 0 radical (unpaired) electrons. The van der Waals surface area contributed by atoms with Gasteiger partial charge in [0.25, 0.3) is 0 Å². The van der Waals surface area contributed by atoms with Crippen molar-refractivity contribution in [1.82, 2.24) is 20.4 Å². The Morgan fingerprint density at radius 3 is 2.85 bits per heavy atom. The lowest BCUT2D eigenvalue weighted by atomic mass is 10.2. The smallest absolute Gasteiger partial charge is 0.191 e. The zero-order valence-corrected chi connectivity index (χ0v) is 17.4. The standard InChI is InChI=1S/C18H25N5O2.HI/c1-14(12-23-9-5-8-22-23)10-20-18(19-2)21-11-15-13-24-16-6-3-4-7-17(16)25-15;/h3-9,14-15H,10-13H2,1-2H3,(H2,19,20,21);1H. The van der Waals surface area contributed by atoms with Gasteiger partial charge in [0.2, 0.25) is 0 Å². The van der Waals surface area contributed by atoms with Gasteiger partial charge in [0.15, 0.2) is 17.5 Å². The third-order valence-electron chi connectivity index (χ3n) is 3.96. The summed E-state index contributed by atoms with van der Waals surface area (Å²) in [6.45, 7) is 5.01. The number of aliphatic imine (C=N–C) groups is 1. The van der Waals surface area contributed by atoms with Crippen LogP contribution in [0, 0.1) is 5.92 Å². The number of benzene rings is 1. The number of fused-ring (bicyclic) bond motifs is 1. The molecule has 2 N–H and O–H groups in total. The van der Waals surface area contributed by atoms with Crippen LogP contribution in [0.5, 0.6) is 11.5 Å². The zero-order chi connectivity index (χ0) is 17.5. The average Bonchev–Trinajstić information content (AvgIpc) is 3.14. The lowest BCUT2D eigenvalue weighted by Gasteiger charge is -2.27. The Morgan fingerprint density at radius 1 is 1.31 bits per heavy atom. The summed E-state index contributed by atoms with van der Waals surface area (Å²) in [5.74, 6) is 2.78. The molecule has 0 aliphatic carbocycles. The summed E-state index contributed by atoms with van der Waals surface area (Å²) >= 11 is 0. The van der Waals surface area contributed by atoms with Crippen molar-refractivity contribution >= 4 is 29.9 Å². The minimum Gasteiger partial charge on any atom is -0.486 e. The van der Waals surface area contributed by atoms with Crippen molar-refractivity contribution in [3.05, 3.63) is 42.7 Å². The van der Waals surface area contributed by atoms with Crippen LogP contribution >= 0.6 is 24.0 Å². The van der Waals surface area contributed by atoms with Gasteiger partial charge < -0.3 is 20.1 Å². The summed E-state index contributed by atoms with van der Waals surface area (Å²) in [6, 6.07) is 9.66. The largest absolute Gasteiger partial charge is 0.486 e. The van der Waals surface area contributed by atoms with E-state index in [1.807, 2.05) is 41.2 Å². The van der Waals surface area contributed by atoms with Crippen molar-refractivity contribution in [2.24, 2.45) is 10.9 Å². The number of hydrogen-bond acceptors (Lipinski definition) is 4. The van der Waals surface area contributed by atoms with Crippen LogP contribution in [-0.4, -0.2) is 48.6 Å². The third kappa shape index (κ3) is 5.79. The predicted molar refractivity (Wildman–Crippen MR) is 113 cm³/mol. The molecule has 8 heteroatoms. The number of nitrogens with zero attached hydrogens (tertiary/aromatic N) is 3. The molecule has 0 saturated heterocycles. The van der Waals surface area contributed by atoms with Crippen LogP contribution in [0.1, 0.15) is 6.92 Å². The first kappa shape index (κ1) is 20.3. The molecule has 26 heavy (non-hydrogen) atoms. The van der Waals surface area contributed by atoms with Crippen molar-refractivity contribution in [3.8, 4) is 11.5 Å². The Hall–Kier alpha value is -1.97. The number of halogens is 1. The fraction of sp³-hybridized carbons (Fsp3) is 0.444. The summed E-state index contributed by atoms with van der Waals surface area (Å²) in [6.07, 6.45) is 3.72. The molecule has 1 aliphatic heterocycles. The minimum absolute atomic E-state index is 0. The Bertz CT molecular complexity index is 693. The number of rotatable bonds is 6. The first-order chi connectivity index (χ1) is 12.2. The maximum atomic E-state index is 5.94. The molecule has 0 fully saturated rings. The second-order valence-corrected chi connectivity index (χ2v) is 6.16. The number of hydrogen-bond donors (Lipinski definition) is 2. The molecule has 0 spiro atoms. The number of aromatic nitrogens is 2. The highest BCUT2D eigenvalue weighted by Gasteiger charge is 2.20. The lowest BCUT2D eigenvalue weighted by Crippen LogP contribution is -2.46. The lowest BCUT2D eigenvalue weighted by molar-refractivity contribution is 0.0936. The molecule has 0 amide bonds. The molecular weight excluding hydrogens is 445 g/mol. The molecule has 1 aromatic heterocycles. The second kappa shape index (κ2) is 10.2. The van der Waals surface area contributed by atoms with Gasteiger partial charge in [0.05, 0.1) is 6.54 Å². The van der Waals surface area contributed by atoms with E-state index < -0.39 is 0 Å². The molecule has 142 valence electrons. The summed E-state index contributed by atoms with van der Waals surface area (Å²) in [5.41, 5.74) is 0. The fourth-order valence-corrected chi connectivity index (χ4v) is 2.66. The van der Waals surface area contributed by atoms with Crippen molar-refractivity contribution in [2.75, 3.05) is 26.7 Å². The summed E-state index contributed by atoms with van der Waals surface area (Å²) in [4.78, 5) is 4.26. The molecule has 0 bridgehead atoms. The molecule has 1 aromatic carbocycles. The van der Waals surface area contributed by atoms with Crippen LogP contribution in [-0.2, 0) is 6.54 Å². The predicted octanol–water partition coefficient (Wildman–Crippen LogP) is 2.14. The van der Waals surface area contributed by atoms with E-state index in [0.717, 1.165) is 30.5 Å². The van der Waals surface area contributed by atoms with Gasteiger partial charge in [-0.25, -0.2) is 0 Å². The van der Waals surface area contributed by atoms with Gasteiger partial charge in [-0.3, -0.25) is 9.67 Å².